The number of likely N-dealkylation sites (N-methyl/N-ethyl adjacent to an activating group) is 1. The number of hydrogen-bond acceptors (Lipinski definition) is 4. The van der Waals surface area contributed by atoms with E-state index in [1.807, 2.05) is 11.8 Å². The van der Waals surface area contributed by atoms with Crippen LogP contribution in [-0.4, -0.2) is 91.4 Å². The maximum absolute atomic E-state index is 12.1. The number of aliphatic imine (C=N–C) groups is 1. The van der Waals surface area contributed by atoms with Gasteiger partial charge in [-0.1, -0.05) is 37.3 Å². The smallest absolute Gasteiger partial charge is 0.243 e. The average molecular weight is 571 g/mol. The number of nitrogens with one attached hydrogen (secondary N) is 2. The normalized spacial score (nSPS) is 19.7. The van der Waals surface area contributed by atoms with Crippen LogP contribution in [0.4, 0.5) is 0 Å². The van der Waals surface area contributed by atoms with Gasteiger partial charge in [-0.3, -0.25) is 14.5 Å². The molecule has 0 saturated carbocycles. The van der Waals surface area contributed by atoms with E-state index in [0.717, 1.165) is 45.4 Å². The summed E-state index contributed by atoms with van der Waals surface area (Å²) >= 11 is 0. The summed E-state index contributed by atoms with van der Waals surface area (Å²) in [6.07, 6.45) is 3.48. The van der Waals surface area contributed by atoms with Crippen molar-refractivity contribution >= 4 is 41.8 Å². The minimum absolute atomic E-state index is 0. The van der Waals surface area contributed by atoms with Crippen LogP contribution in [0.15, 0.2) is 35.3 Å². The fraction of sp³-hybridized carbons (Fsp3) is 0.625. The first kappa shape index (κ1) is 27.4. The van der Waals surface area contributed by atoms with Crippen LogP contribution in [0.3, 0.4) is 0 Å². The van der Waals surface area contributed by atoms with Crippen molar-refractivity contribution in [2.24, 2.45) is 4.99 Å². The molecule has 1 atom stereocenters. The van der Waals surface area contributed by atoms with E-state index >= 15 is 0 Å². The maximum atomic E-state index is 12.1. The lowest BCUT2D eigenvalue weighted by molar-refractivity contribution is -0.130. The molecule has 2 heterocycles. The van der Waals surface area contributed by atoms with Gasteiger partial charge >= 0.3 is 0 Å². The molecular weight excluding hydrogens is 531 g/mol. The summed E-state index contributed by atoms with van der Waals surface area (Å²) in [6, 6.07) is 11.1. The number of carbonyl (C=O) groups is 2. The summed E-state index contributed by atoms with van der Waals surface area (Å²) < 4.78 is 0. The zero-order chi connectivity index (χ0) is 22.9. The molecule has 2 amide bonds. The maximum Gasteiger partial charge on any atom is 0.243 e. The van der Waals surface area contributed by atoms with Gasteiger partial charge in [-0.05, 0) is 24.8 Å². The number of amides is 2. The predicted molar refractivity (Wildman–Crippen MR) is 143 cm³/mol. The molecule has 2 fully saturated rings. The lowest BCUT2D eigenvalue weighted by Crippen LogP contribution is -2.51. The first-order chi connectivity index (χ1) is 15.4. The summed E-state index contributed by atoms with van der Waals surface area (Å²) in [4.78, 5) is 34.6. The average Bonchev–Trinajstić information content (AvgIpc) is 3.27. The zero-order valence-corrected chi connectivity index (χ0v) is 22.5. The molecular formula is C24H39IN6O2. The van der Waals surface area contributed by atoms with Crippen molar-refractivity contribution in [1.82, 2.24) is 25.3 Å². The molecule has 1 aromatic rings. The van der Waals surface area contributed by atoms with Crippen molar-refractivity contribution in [2.75, 3.05) is 46.8 Å². The lowest BCUT2D eigenvalue weighted by Gasteiger charge is -2.33. The number of halogens is 1. The van der Waals surface area contributed by atoms with Gasteiger partial charge in [0.1, 0.15) is 6.54 Å². The van der Waals surface area contributed by atoms with Gasteiger partial charge in [0.15, 0.2) is 5.96 Å². The number of benzene rings is 1. The second-order valence-corrected chi connectivity index (χ2v) is 8.96. The summed E-state index contributed by atoms with van der Waals surface area (Å²) in [5.74, 6) is 0.838. The molecule has 2 aliphatic rings. The van der Waals surface area contributed by atoms with Crippen LogP contribution >= 0.6 is 24.0 Å². The van der Waals surface area contributed by atoms with E-state index in [2.05, 4.69) is 50.9 Å². The second-order valence-electron chi connectivity index (χ2n) is 8.96. The number of nitrogens with zero attached hydrogens (tertiary/aromatic N) is 4. The molecule has 1 unspecified atom stereocenters. The molecule has 0 spiro atoms. The highest BCUT2D eigenvalue weighted by molar-refractivity contribution is 14.0. The van der Waals surface area contributed by atoms with E-state index in [0.29, 0.717) is 25.0 Å². The molecule has 9 heteroatoms. The standard InChI is InChI=1S/C24H38N6O2.HI/c1-4-22(31)30-15-12-21(18-30)27-24(25-16-23(32)28(2)3)26-20-10-13-29(14-11-20)17-19-8-6-5-7-9-19;/h5-9,20-21H,4,10-18H2,1-3H3,(H2,25,26,27);1H. The summed E-state index contributed by atoms with van der Waals surface area (Å²) in [7, 11) is 3.48. The Balaban J connectivity index is 0.00000385. The fourth-order valence-corrected chi connectivity index (χ4v) is 4.21. The Labute approximate surface area is 215 Å². The van der Waals surface area contributed by atoms with Gasteiger partial charge in [-0.15, -0.1) is 24.0 Å². The number of likely N-dealkylation sites (tertiary alicyclic amines) is 2. The highest BCUT2D eigenvalue weighted by Gasteiger charge is 2.27. The van der Waals surface area contributed by atoms with Crippen molar-refractivity contribution in [3.8, 4) is 0 Å². The molecule has 0 aromatic heterocycles. The third kappa shape index (κ3) is 8.77. The molecule has 0 radical (unpaired) electrons. The van der Waals surface area contributed by atoms with E-state index in [4.69, 9.17) is 0 Å². The molecule has 2 saturated heterocycles. The number of piperidine rings is 1. The Hall–Kier alpha value is -1.88. The third-order valence-electron chi connectivity index (χ3n) is 6.23. The Kier molecular flexibility index (Phi) is 11.4. The van der Waals surface area contributed by atoms with Crippen LogP contribution in [0.2, 0.25) is 0 Å². The summed E-state index contributed by atoms with van der Waals surface area (Å²) in [5.41, 5.74) is 1.34. The first-order valence-electron chi connectivity index (χ1n) is 11.8. The largest absolute Gasteiger partial charge is 0.354 e. The van der Waals surface area contributed by atoms with Crippen LogP contribution < -0.4 is 10.6 Å². The van der Waals surface area contributed by atoms with Crippen LogP contribution in [0, 0.1) is 0 Å². The monoisotopic (exact) mass is 570 g/mol. The van der Waals surface area contributed by atoms with E-state index in [1.165, 1.54) is 5.56 Å². The van der Waals surface area contributed by atoms with Crippen molar-refractivity contribution in [1.29, 1.82) is 0 Å². The number of rotatable bonds is 7. The zero-order valence-electron chi connectivity index (χ0n) is 20.1. The van der Waals surface area contributed by atoms with E-state index in [1.54, 1.807) is 19.0 Å². The Morgan fingerprint density at radius 2 is 1.67 bits per heavy atom. The minimum Gasteiger partial charge on any atom is -0.354 e. The number of hydrogen-bond donors (Lipinski definition) is 2. The molecule has 2 N–H and O–H groups in total. The van der Waals surface area contributed by atoms with E-state index in [9.17, 15) is 9.59 Å². The van der Waals surface area contributed by atoms with Crippen LogP contribution in [0.1, 0.15) is 38.2 Å². The molecule has 1 aromatic carbocycles. The van der Waals surface area contributed by atoms with Crippen molar-refractivity contribution in [3.05, 3.63) is 35.9 Å². The van der Waals surface area contributed by atoms with Crippen molar-refractivity contribution in [2.45, 2.75) is 51.2 Å². The summed E-state index contributed by atoms with van der Waals surface area (Å²) in [5, 5.41) is 7.04. The predicted octanol–water partition coefficient (Wildman–Crippen LogP) is 1.90. The number of carbonyl (C=O) groups excluding carboxylic acids is 2. The molecule has 2 aliphatic heterocycles. The van der Waals surface area contributed by atoms with Gasteiger partial charge in [0.25, 0.3) is 0 Å². The highest BCUT2D eigenvalue weighted by Crippen LogP contribution is 2.15. The first-order valence-corrected chi connectivity index (χ1v) is 11.8. The van der Waals surface area contributed by atoms with Crippen LogP contribution in [0.5, 0.6) is 0 Å². The Morgan fingerprint density at radius 3 is 2.30 bits per heavy atom. The molecule has 8 nitrogen and oxygen atoms in total. The quantitative estimate of drug-likeness (QED) is 0.298. The highest BCUT2D eigenvalue weighted by atomic mass is 127. The van der Waals surface area contributed by atoms with Gasteiger partial charge in [0.05, 0.1) is 0 Å². The summed E-state index contributed by atoms with van der Waals surface area (Å²) in [6.45, 7) is 6.50. The van der Waals surface area contributed by atoms with Gasteiger partial charge in [-0.2, -0.15) is 0 Å². The Morgan fingerprint density at radius 1 is 1.03 bits per heavy atom. The van der Waals surface area contributed by atoms with E-state index < -0.39 is 0 Å². The molecule has 3 rings (SSSR count). The van der Waals surface area contributed by atoms with Crippen LogP contribution in [0.25, 0.3) is 0 Å². The lowest BCUT2D eigenvalue weighted by atomic mass is 10.0. The topological polar surface area (TPSA) is 80.3 Å². The van der Waals surface area contributed by atoms with Crippen molar-refractivity contribution in [3.63, 3.8) is 0 Å². The molecule has 184 valence electrons. The minimum atomic E-state index is -0.0296. The Bertz CT molecular complexity index is 780. The van der Waals surface area contributed by atoms with Gasteiger partial charge < -0.3 is 20.4 Å². The van der Waals surface area contributed by atoms with E-state index in [-0.39, 0.29) is 48.4 Å². The molecule has 0 bridgehead atoms. The van der Waals surface area contributed by atoms with Crippen LogP contribution in [-0.2, 0) is 16.1 Å². The molecule has 33 heavy (non-hydrogen) atoms. The van der Waals surface area contributed by atoms with Gasteiger partial charge in [-0.25, -0.2) is 4.99 Å². The fourth-order valence-electron chi connectivity index (χ4n) is 4.21. The second kappa shape index (κ2) is 13.7. The number of guanidine groups is 1. The molecule has 0 aliphatic carbocycles. The van der Waals surface area contributed by atoms with Crippen molar-refractivity contribution < 1.29 is 9.59 Å². The third-order valence-corrected chi connectivity index (χ3v) is 6.23. The SMILES string of the molecule is CCC(=O)N1CCC(NC(=NCC(=O)N(C)C)NC2CCN(Cc3ccccc3)CC2)C1.I. The van der Waals surface area contributed by atoms with Gasteiger partial charge in [0.2, 0.25) is 11.8 Å². The van der Waals surface area contributed by atoms with Gasteiger partial charge in [0, 0.05) is 65.3 Å².